The maximum absolute atomic E-state index is 12.1. The Bertz CT molecular complexity index is 853. The van der Waals surface area contributed by atoms with Crippen molar-refractivity contribution in [3.63, 3.8) is 0 Å². The molecule has 2 aromatic rings. The summed E-state index contributed by atoms with van der Waals surface area (Å²) in [4.78, 5) is 35.0. The average Bonchev–Trinajstić information content (AvgIpc) is 3.16. The standard InChI is InChI=1S/C19H26N6O2/c26-16-10-5-12-11-20-18(25-17(12)24-16)21-14-6-8-15(9-7-14)23-19(27)22-13-3-1-2-4-13/h5,10-11,13-15H,1-4,6-9H2,(H2,22,23,27)(H2,20,21,24,25,26)/t14-,15-. The molecule has 2 aromatic heterocycles. The van der Waals surface area contributed by atoms with Gasteiger partial charge in [-0.25, -0.2) is 9.78 Å². The predicted octanol–water partition coefficient (Wildman–Crippen LogP) is 2.28. The van der Waals surface area contributed by atoms with Crippen molar-refractivity contribution < 1.29 is 4.79 Å². The summed E-state index contributed by atoms with van der Waals surface area (Å²) in [6.07, 6.45) is 10.1. The van der Waals surface area contributed by atoms with Gasteiger partial charge in [-0.15, -0.1) is 0 Å². The predicted molar refractivity (Wildman–Crippen MR) is 104 cm³/mol. The number of carbonyl (C=O) groups is 1. The number of urea groups is 1. The first-order valence-corrected chi connectivity index (χ1v) is 9.85. The van der Waals surface area contributed by atoms with Crippen LogP contribution in [0, 0.1) is 0 Å². The number of amides is 2. The molecule has 2 aliphatic rings. The SMILES string of the molecule is O=C(NC1CCCC1)N[C@H]1CC[C@H](Nc2ncc3ccc(=O)[nH]c3n2)CC1. The summed E-state index contributed by atoms with van der Waals surface area (Å²) in [6, 6.07) is 3.99. The zero-order chi connectivity index (χ0) is 18.6. The van der Waals surface area contributed by atoms with Gasteiger partial charge in [0.15, 0.2) is 0 Å². The van der Waals surface area contributed by atoms with Gasteiger partial charge in [-0.05, 0) is 44.6 Å². The van der Waals surface area contributed by atoms with E-state index in [1.54, 1.807) is 12.3 Å². The van der Waals surface area contributed by atoms with E-state index in [-0.39, 0.29) is 23.7 Å². The molecule has 4 N–H and O–H groups in total. The number of carbonyl (C=O) groups excluding carboxylic acids is 1. The van der Waals surface area contributed by atoms with Crippen molar-refractivity contribution in [3.8, 4) is 0 Å². The highest BCUT2D eigenvalue weighted by atomic mass is 16.2. The third-order valence-corrected chi connectivity index (χ3v) is 5.56. The molecule has 0 unspecified atom stereocenters. The number of aromatic nitrogens is 3. The number of hydrogen-bond acceptors (Lipinski definition) is 5. The Labute approximate surface area is 157 Å². The van der Waals surface area contributed by atoms with Crippen LogP contribution in [0.2, 0.25) is 0 Å². The van der Waals surface area contributed by atoms with Crippen LogP contribution in [0.3, 0.4) is 0 Å². The molecule has 0 radical (unpaired) electrons. The van der Waals surface area contributed by atoms with Crippen molar-refractivity contribution in [2.24, 2.45) is 0 Å². The molecule has 2 heterocycles. The second-order valence-corrected chi connectivity index (χ2v) is 7.61. The monoisotopic (exact) mass is 370 g/mol. The summed E-state index contributed by atoms with van der Waals surface area (Å²) in [6.45, 7) is 0. The molecule has 144 valence electrons. The van der Waals surface area contributed by atoms with Gasteiger partial charge in [0.05, 0.1) is 0 Å². The van der Waals surface area contributed by atoms with Gasteiger partial charge in [0, 0.05) is 35.8 Å². The Balaban J connectivity index is 1.26. The van der Waals surface area contributed by atoms with Crippen LogP contribution in [-0.2, 0) is 0 Å². The Kier molecular flexibility index (Phi) is 5.22. The Morgan fingerprint density at radius 3 is 2.37 bits per heavy atom. The molecule has 27 heavy (non-hydrogen) atoms. The molecule has 8 heteroatoms. The van der Waals surface area contributed by atoms with Crippen LogP contribution in [-0.4, -0.2) is 39.1 Å². The first kappa shape index (κ1) is 17.8. The lowest BCUT2D eigenvalue weighted by atomic mass is 9.91. The lowest BCUT2D eigenvalue weighted by Crippen LogP contribution is -2.47. The second-order valence-electron chi connectivity index (χ2n) is 7.61. The van der Waals surface area contributed by atoms with E-state index in [0.29, 0.717) is 17.6 Å². The maximum Gasteiger partial charge on any atom is 0.315 e. The minimum atomic E-state index is -0.172. The fourth-order valence-electron chi connectivity index (χ4n) is 4.05. The molecule has 0 aromatic carbocycles. The number of aromatic amines is 1. The first-order chi connectivity index (χ1) is 13.2. The summed E-state index contributed by atoms with van der Waals surface area (Å²) in [7, 11) is 0. The molecule has 2 fully saturated rings. The summed E-state index contributed by atoms with van der Waals surface area (Å²) in [5.41, 5.74) is 0.369. The topological polar surface area (TPSA) is 112 Å². The van der Waals surface area contributed by atoms with Crippen LogP contribution in [0.1, 0.15) is 51.4 Å². The van der Waals surface area contributed by atoms with Gasteiger partial charge in [0.1, 0.15) is 5.65 Å². The van der Waals surface area contributed by atoms with Crippen LogP contribution in [0.4, 0.5) is 10.7 Å². The highest BCUT2D eigenvalue weighted by Gasteiger charge is 2.24. The highest BCUT2D eigenvalue weighted by molar-refractivity contribution is 5.75. The molecule has 0 spiro atoms. The van der Waals surface area contributed by atoms with Crippen molar-refractivity contribution >= 4 is 23.0 Å². The molecule has 0 atom stereocenters. The van der Waals surface area contributed by atoms with Gasteiger partial charge in [-0.3, -0.25) is 4.79 Å². The zero-order valence-corrected chi connectivity index (χ0v) is 15.3. The number of hydrogen-bond donors (Lipinski definition) is 4. The van der Waals surface area contributed by atoms with Gasteiger partial charge >= 0.3 is 6.03 Å². The van der Waals surface area contributed by atoms with Crippen LogP contribution in [0.5, 0.6) is 0 Å². The van der Waals surface area contributed by atoms with Crippen molar-refractivity contribution in [2.75, 3.05) is 5.32 Å². The summed E-state index contributed by atoms with van der Waals surface area (Å²) in [5.74, 6) is 0.528. The van der Waals surface area contributed by atoms with Gasteiger partial charge < -0.3 is 20.9 Å². The van der Waals surface area contributed by atoms with Crippen LogP contribution in [0.25, 0.3) is 11.0 Å². The van der Waals surface area contributed by atoms with Crippen LogP contribution >= 0.6 is 0 Å². The van der Waals surface area contributed by atoms with E-state index in [2.05, 4.69) is 30.9 Å². The molecular weight excluding hydrogens is 344 g/mol. The van der Waals surface area contributed by atoms with Crippen LogP contribution < -0.4 is 21.5 Å². The number of nitrogens with zero attached hydrogens (tertiary/aromatic N) is 2. The van der Waals surface area contributed by atoms with Gasteiger partial charge in [-0.1, -0.05) is 12.8 Å². The van der Waals surface area contributed by atoms with Gasteiger partial charge in [-0.2, -0.15) is 4.98 Å². The molecule has 2 aliphatic carbocycles. The molecule has 0 bridgehead atoms. The van der Waals surface area contributed by atoms with Crippen molar-refractivity contribution in [3.05, 3.63) is 28.7 Å². The van der Waals surface area contributed by atoms with Crippen molar-refractivity contribution in [2.45, 2.75) is 69.5 Å². The number of pyridine rings is 1. The summed E-state index contributed by atoms with van der Waals surface area (Å²) >= 11 is 0. The van der Waals surface area contributed by atoms with Crippen LogP contribution in [0.15, 0.2) is 23.1 Å². The van der Waals surface area contributed by atoms with E-state index in [9.17, 15) is 9.59 Å². The highest BCUT2D eigenvalue weighted by Crippen LogP contribution is 2.22. The second kappa shape index (κ2) is 7.94. The fourth-order valence-corrected chi connectivity index (χ4v) is 4.05. The Morgan fingerprint density at radius 1 is 0.963 bits per heavy atom. The number of fused-ring (bicyclic) bond motifs is 1. The smallest absolute Gasteiger partial charge is 0.315 e. The van der Waals surface area contributed by atoms with E-state index in [4.69, 9.17) is 0 Å². The number of nitrogens with one attached hydrogen (secondary N) is 4. The molecule has 0 saturated heterocycles. The van der Waals surface area contributed by atoms with E-state index in [0.717, 1.165) is 43.9 Å². The molecular formula is C19H26N6O2. The first-order valence-electron chi connectivity index (χ1n) is 9.85. The van der Waals surface area contributed by atoms with Gasteiger partial charge in [0.2, 0.25) is 11.5 Å². The van der Waals surface area contributed by atoms with E-state index >= 15 is 0 Å². The number of anilines is 1. The molecule has 0 aliphatic heterocycles. The Hall–Kier alpha value is -2.64. The minimum absolute atomic E-state index is 0.0277. The van der Waals surface area contributed by atoms with E-state index in [1.165, 1.54) is 18.9 Å². The zero-order valence-electron chi connectivity index (χ0n) is 15.3. The van der Waals surface area contributed by atoms with E-state index in [1.807, 2.05) is 0 Å². The summed E-state index contributed by atoms with van der Waals surface area (Å²) in [5, 5.41) is 10.4. The lowest BCUT2D eigenvalue weighted by molar-refractivity contribution is 0.228. The molecule has 4 rings (SSSR count). The largest absolute Gasteiger partial charge is 0.351 e. The third-order valence-electron chi connectivity index (χ3n) is 5.56. The normalized spacial score (nSPS) is 23.3. The average molecular weight is 370 g/mol. The maximum atomic E-state index is 12.1. The lowest BCUT2D eigenvalue weighted by Gasteiger charge is -2.30. The summed E-state index contributed by atoms with van der Waals surface area (Å²) < 4.78 is 0. The van der Waals surface area contributed by atoms with Crippen molar-refractivity contribution in [1.29, 1.82) is 0 Å². The number of rotatable bonds is 4. The third kappa shape index (κ3) is 4.56. The number of H-pyrrole nitrogens is 1. The molecule has 2 amide bonds. The fraction of sp³-hybridized carbons (Fsp3) is 0.579. The quantitative estimate of drug-likeness (QED) is 0.660. The molecule has 2 saturated carbocycles. The minimum Gasteiger partial charge on any atom is -0.351 e. The Morgan fingerprint density at radius 2 is 1.63 bits per heavy atom. The molecule has 8 nitrogen and oxygen atoms in total. The van der Waals surface area contributed by atoms with Gasteiger partial charge in [0.25, 0.3) is 0 Å². The van der Waals surface area contributed by atoms with E-state index < -0.39 is 0 Å². The van der Waals surface area contributed by atoms with Crippen molar-refractivity contribution in [1.82, 2.24) is 25.6 Å².